The van der Waals surface area contributed by atoms with E-state index in [1.165, 1.54) is 12.1 Å². The van der Waals surface area contributed by atoms with Gasteiger partial charge in [0.1, 0.15) is 0 Å². The number of benzene rings is 1. The summed E-state index contributed by atoms with van der Waals surface area (Å²) in [6, 6.07) is 3.51. The van der Waals surface area contributed by atoms with Crippen molar-refractivity contribution < 1.29 is 18.0 Å². The fourth-order valence-electron chi connectivity index (χ4n) is 2.26. The Kier molecular flexibility index (Phi) is 5.08. The number of carbonyl (C=O) groups excluding carboxylic acids is 1. The molecule has 0 aromatic heterocycles. The number of halogens is 4. The topological polar surface area (TPSA) is 29.1 Å². The van der Waals surface area contributed by atoms with Crippen LogP contribution >= 0.6 is 15.9 Å². The van der Waals surface area contributed by atoms with Crippen molar-refractivity contribution in [2.45, 2.75) is 25.4 Å². The zero-order valence-electron chi connectivity index (χ0n) is 11.2. The SMILES string of the molecule is O=C(NCC1CC=CCC1)c1ccc(Br)c(C(F)(F)F)c1. The summed E-state index contributed by atoms with van der Waals surface area (Å²) >= 11 is 2.86. The van der Waals surface area contributed by atoms with Crippen molar-refractivity contribution in [3.8, 4) is 0 Å². The zero-order chi connectivity index (χ0) is 15.5. The van der Waals surface area contributed by atoms with Crippen molar-refractivity contribution in [3.63, 3.8) is 0 Å². The number of carbonyl (C=O) groups is 1. The predicted molar refractivity (Wildman–Crippen MR) is 78.0 cm³/mol. The maximum absolute atomic E-state index is 12.8. The third-order valence-corrected chi connectivity index (χ3v) is 4.15. The monoisotopic (exact) mass is 361 g/mol. The van der Waals surface area contributed by atoms with Crippen LogP contribution in [0.1, 0.15) is 35.2 Å². The summed E-state index contributed by atoms with van der Waals surface area (Å²) in [7, 11) is 0. The maximum atomic E-state index is 12.8. The van der Waals surface area contributed by atoms with E-state index in [1.807, 2.05) is 0 Å². The first-order valence-electron chi connectivity index (χ1n) is 6.68. The molecule has 2 rings (SSSR count). The van der Waals surface area contributed by atoms with E-state index in [9.17, 15) is 18.0 Å². The minimum Gasteiger partial charge on any atom is -0.352 e. The van der Waals surface area contributed by atoms with E-state index in [0.717, 1.165) is 25.3 Å². The standard InChI is InChI=1S/C15H15BrF3NO/c16-13-7-6-11(8-12(13)15(17,18)19)14(21)20-9-10-4-2-1-3-5-10/h1-2,6-8,10H,3-5,9H2,(H,20,21). The smallest absolute Gasteiger partial charge is 0.352 e. The zero-order valence-corrected chi connectivity index (χ0v) is 12.8. The van der Waals surface area contributed by atoms with Crippen LogP contribution in [0.5, 0.6) is 0 Å². The Morgan fingerprint density at radius 3 is 2.71 bits per heavy atom. The lowest BCUT2D eigenvalue weighted by Crippen LogP contribution is -2.29. The molecule has 1 aliphatic carbocycles. The van der Waals surface area contributed by atoms with Gasteiger partial charge in [-0.1, -0.05) is 28.1 Å². The highest BCUT2D eigenvalue weighted by molar-refractivity contribution is 9.10. The molecule has 1 aromatic carbocycles. The van der Waals surface area contributed by atoms with Crippen molar-refractivity contribution >= 4 is 21.8 Å². The molecule has 0 saturated heterocycles. The van der Waals surface area contributed by atoms with Crippen molar-refractivity contribution in [2.24, 2.45) is 5.92 Å². The molecule has 1 amide bonds. The molecule has 0 spiro atoms. The van der Waals surface area contributed by atoms with Gasteiger partial charge in [-0.25, -0.2) is 0 Å². The second kappa shape index (κ2) is 6.64. The molecule has 0 heterocycles. The third kappa shape index (κ3) is 4.33. The molecule has 2 nitrogen and oxygen atoms in total. The molecule has 1 aliphatic rings. The predicted octanol–water partition coefficient (Wildman–Crippen LogP) is 4.55. The number of allylic oxidation sites excluding steroid dienone is 2. The normalized spacial score (nSPS) is 18.6. The number of nitrogens with one attached hydrogen (secondary N) is 1. The molecule has 0 saturated carbocycles. The van der Waals surface area contributed by atoms with Crippen LogP contribution in [0.25, 0.3) is 0 Å². The Bertz CT molecular complexity index is 554. The van der Waals surface area contributed by atoms with Gasteiger partial charge >= 0.3 is 6.18 Å². The van der Waals surface area contributed by atoms with E-state index in [2.05, 4.69) is 33.4 Å². The van der Waals surface area contributed by atoms with Crippen LogP contribution in [-0.4, -0.2) is 12.5 Å². The highest BCUT2D eigenvalue weighted by Crippen LogP contribution is 2.35. The van der Waals surface area contributed by atoms with Crippen molar-refractivity contribution in [3.05, 3.63) is 46.0 Å². The van der Waals surface area contributed by atoms with Gasteiger partial charge in [0.25, 0.3) is 5.91 Å². The largest absolute Gasteiger partial charge is 0.417 e. The lowest BCUT2D eigenvalue weighted by molar-refractivity contribution is -0.138. The number of hydrogen-bond acceptors (Lipinski definition) is 1. The summed E-state index contributed by atoms with van der Waals surface area (Å²) in [6.45, 7) is 0.487. The molecule has 1 unspecified atom stereocenters. The molecule has 0 bridgehead atoms. The molecule has 0 radical (unpaired) electrons. The van der Waals surface area contributed by atoms with Crippen LogP contribution in [0.4, 0.5) is 13.2 Å². The molecule has 1 N–H and O–H groups in total. The summed E-state index contributed by atoms with van der Waals surface area (Å²) in [5.74, 6) is -0.112. The van der Waals surface area contributed by atoms with Gasteiger partial charge in [-0.2, -0.15) is 13.2 Å². The van der Waals surface area contributed by atoms with E-state index in [-0.39, 0.29) is 10.0 Å². The van der Waals surface area contributed by atoms with Gasteiger partial charge < -0.3 is 5.32 Å². The highest BCUT2D eigenvalue weighted by Gasteiger charge is 2.33. The lowest BCUT2D eigenvalue weighted by Gasteiger charge is -2.18. The fourth-order valence-corrected chi connectivity index (χ4v) is 2.74. The first-order chi connectivity index (χ1) is 9.88. The van der Waals surface area contributed by atoms with Crippen LogP contribution in [0, 0.1) is 5.92 Å². The number of alkyl halides is 3. The van der Waals surface area contributed by atoms with Gasteiger partial charge in [-0.15, -0.1) is 0 Å². The Morgan fingerprint density at radius 2 is 2.10 bits per heavy atom. The second-order valence-corrected chi connectivity index (χ2v) is 5.91. The Morgan fingerprint density at radius 1 is 1.33 bits per heavy atom. The van der Waals surface area contributed by atoms with Crippen LogP contribution in [-0.2, 0) is 6.18 Å². The molecule has 6 heteroatoms. The molecule has 1 aromatic rings. The maximum Gasteiger partial charge on any atom is 0.417 e. The summed E-state index contributed by atoms with van der Waals surface area (Å²) < 4.78 is 38.3. The molecule has 0 fully saturated rings. The molecule has 0 aliphatic heterocycles. The molecule has 21 heavy (non-hydrogen) atoms. The minimum atomic E-state index is -4.48. The van der Waals surface area contributed by atoms with E-state index in [0.29, 0.717) is 12.5 Å². The molecular formula is C15H15BrF3NO. The van der Waals surface area contributed by atoms with Crippen LogP contribution in [0.3, 0.4) is 0 Å². The average molecular weight is 362 g/mol. The first-order valence-corrected chi connectivity index (χ1v) is 7.47. The molecule has 1 atom stereocenters. The van der Waals surface area contributed by atoms with Crippen molar-refractivity contribution in [1.29, 1.82) is 0 Å². The van der Waals surface area contributed by atoms with E-state index in [4.69, 9.17) is 0 Å². The van der Waals surface area contributed by atoms with Gasteiger partial charge in [-0.3, -0.25) is 4.79 Å². The fraction of sp³-hybridized carbons (Fsp3) is 0.400. The van der Waals surface area contributed by atoms with Gasteiger partial charge in [0.05, 0.1) is 5.56 Å². The van der Waals surface area contributed by atoms with Crippen LogP contribution in [0.15, 0.2) is 34.8 Å². The first kappa shape index (κ1) is 16.1. The molecular weight excluding hydrogens is 347 g/mol. The van der Waals surface area contributed by atoms with E-state index < -0.39 is 17.6 Å². The summed E-state index contributed by atoms with van der Waals surface area (Å²) in [6.07, 6.45) is 2.56. The highest BCUT2D eigenvalue weighted by atomic mass is 79.9. The Labute approximate surface area is 129 Å². The number of hydrogen-bond donors (Lipinski definition) is 1. The van der Waals surface area contributed by atoms with Gasteiger partial charge in [0.2, 0.25) is 0 Å². The Balaban J connectivity index is 2.04. The quantitative estimate of drug-likeness (QED) is 0.786. The van der Waals surface area contributed by atoms with Gasteiger partial charge in [0, 0.05) is 16.6 Å². The van der Waals surface area contributed by atoms with Crippen LogP contribution in [0.2, 0.25) is 0 Å². The number of amides is 1. The van der Waals surface area contributed by atoms with Crippen LogP contribution < -0.4 is 5.32 Å². The summed E-state index contributed by atoms with van der Waals surface area (Å²) in [4.78, 5) is 12.0. The lowest BCUT2D eigenvalue weighted by atomic mass is 9.94. The van der Waals surface area contributed by atoms with Gasteiger partial charge in [0.15, 0.2) is 0 Å². The van der Waals surface area contributed by atoms with E-state index >= 15 is 0 Å². The second-order valence-electron chi connectivity index (χ2n) is 5.05. The van der Waals surface area contributed by atoms with E-state index in [1.54, 1.807) is 0 Å². The summed E-state index contributed by atoms with van der Waals surface area (Å²) in [5.41, 5.74) is -0.812. The average Bonchev–Trinajstić information content (AvgIpc) is 2.45. The Hall–Kier alpha value is -1.30. The van der Waals surface area contributed by atoms with Crippen molar-refractivity contribution in [2.75, 3.05) is 6.54 Å². The van der Waals surface area contributed by atoms with Crippen molar-refractivity contribution in [1.82, 2.24) is 5.32 Å². The summed E-state index contributed by atoms with van der Waals surface area (Å²) in [5, 5.41) is 2.71. The number of rotatable bonds is 3. The molecule has 114 valence electrons. The third-order valence-electron chi connectivity index (χ3n) is 3.46. The minimum absolute atomic E-state index is 0.0249. The van der Waals surface area contributed by atoms with Gasteiger partial charge in [-0.05, 0) is 43.4 Å².